The number of amides is 1. The Morgan fingerprint density at radius 1 is 1.37 bits per heavy atom. The van der Waals surface area contributed by atoms with E-state index in [0.29, 0.717) is 24.0 Å². The van der Waals surface area contributed by atoms with Gasteiger partial charge in [0.2, 0.25) is 5.91 Å². The molecular formula is C14H18BrNO3. The van der Waals surface area contributed by atoms with E-state index in [1.807, 2.05) is 6.07 Å². The highest BCUT2D eigenvalue weighted by Gasteiger charge is 2.08. The van der Waals surface area contributed by atoms with Crippen LogP contribution in [0.15, 0.2) is 24.3 Å². The minimum atomic E-state index is -0.314. The second-order valence-electron chi connectivity index (χ2n) is 4.63. The van der Waals surface area contributed by atoms with Crippen LogP contribution < -0.4 is 10.1 Å². The Balaban J connectivity index is 2.56. The summed E-state index contributed by atoms with van der Waals surface area (Å²) in [6.45, 7) is 4.76. The number of benzene rings is 1. The third-order valence-corrected chi connectivity index (χ3v) is 2.83. The molecule has 1 rings (SSSR count). The van der Waals surface area contributed by atoms with Gasteiger partial charge in [-0.2, -0.15) is 0 Å². The van der Waals surface area contributed by atoms with Crippen LogP contribution in [-0.2, 0) is 9.59 Å². The van der Waals surface area contributed by atoms with Gasteiger partial charge in [0.25, 0.3) is 0 Å². The normalized spacial score (nSPS) is 10.3. The first kappa shape index (κ1) is 15.7. The molecule has 0 atom stereocenters. The van der Waals surface area contributed by atoms with Gasteiger partial charge in [0.1, 0.15) is 5.75 Å². The number of nitrogens with one attached hydrogen (secondary N) is 1. The van der Waals surface area contributed by atoms with Gasteiger partial charge in [-0.25, -0.2) is 0 Å². The molecule has 0 heterocycles. The molecule has 0 spiro atoms. The molecule has 0 aromatic heterocycles. The summed E-state index contributed by atoms with van der Waals surface area (Å²) in [5, 5.41) is 2.87. The van der Waals surface area contributed by atoms with E-state index in [-0.39, 0.29) is 23.4 Å². The van der Waals surface area contributed by atoms with E-state index in [9.17, 15) is 9.59 Å². The highest BCUT2D eigenvalue weighted by atomic mass is 79.9. The van der Waals surface area contributed by atoms with Gasteiger partial charge in [-0.3, -0.25) is 9.59 Å². The van der Waals surface area contributed by atoms with Crippen molar-refractivity contribution < 1.29 is 14.3 Å². The Bertz CT molecular complexity index is 446. The predicted octanol–water partition coefficient (Wildman–Crippen LogP) is 3.01. The van der Waals surface area contributed by atoms with Gasteiger partial charge in [0.05, 0.1) is 18.4 Å². The zero-order chi connectivity index (χ0) is 14.3. The fraction of sp³-hybridized carbons (Fsp3) is 0.429. The number of anilines is 1. The van der Waals surface area contributed by atoms with Crippen molar-refractivity contribution in [2.45, 2.75) is 20.3 Å². The number of hydrogen-bond donors (Lipinski definition) is 1. The molecular weight excluding hydrogens is 310 g/mol. The standard InChI is InChI=1S/C14H18BrNO3/c1-10(2)9-19-13-5-3-4-11(6-13)16-14(18)7-12(17)8-15/h3-6,10H,7-9H2,1-2H3,(H,16,18). The number of carbonyl (C=O) groups excluding carboxylic acids is 2. The highest BCUT2D eigenvalue weighted by Crippen LogP contribution is 2.18. The largest absolute Gasteiger partial charge is 0.493 e. The number of ether oxygens (including phenoxy) is 1. The van der Waals surface area contributed by atoms with Gasteiger partial charge in [-0.05, 0) is 18.1 Å². The van der Waals surface area contributed by atoms with E-state index in [1.165, 1.54) is 0 Å². The number of alkyl halides is 1. The molecule has 5 heteroatoms. The molecule has 0 aliphatic heterocycles. The second-order valence-corrected chi connectivity index (χ2v) is 5.19. The summed E-state index contributed by atoms with van der Waals surface area (Å²) in [7, 11) is 0. The van der Waals surface area contributed by atoms with Crippen molar-refractivity contribution in [3.05, 3.63) is 24.3 Å². The number of carbonyl (C=O) groups is 2. The number of halogens is 1. The van der Waals surface area contributed by atoms with Crippen molar-refractivity contribution in [1.82, 2.24) is 0 Å². The van der Waals surface area contributed by atoms with Crippen LogP contribution in [0, 0.1) is 5.92 Å². The number of hydrogen-bond acceptors (Lipinski definition) is 3. The van der Waals surface area contributed by atoms with Crippen molar-refractivity contribution in [2.24, 2.45) is 5.92 Å². The minimum Gasteiger partial charge on any atom is -0.493 e. The van der Waals surface area contributed by atoms with Crippen molar-refractivity contribution in [3.8, 4) is 5.75 Å². The van der Waals surface area contributed by atoms with Crippen LogP contribution in [0.5, 0.6) is 5.75 Å². The molecule has 1 amide bonds. The van der Waals surface area contributed by atoms with Gasteiger partial charge in [0.15, 0.2) is 5.78 Å². The monoisotopic (exact) mass is 327 g/mol. The fourth-order valence-electron chi connectivity index (χ4n) is 1.36. The van der Waals surface area contributed by atoms with Crippen molar-refractivity contribution in [1.29, 1.82) is 0 Å². The number of Topliss-reactive ketones (excluding diaryl/α,β-unsaturated/α-hetero) is 1. The van der Waals surface area contributed by atoms with Gasteiger partial charge >= 0.3 is 0 Å². The molecule has 0 saturated carbocycles. The Kier molecular flexibility index (Phi) is 6.56. The van der Waals surface area contributed by atoms with Crippen LogP contribution in [0.1, 0.15) is 20.3 Å². The molecule has 0 aliphatic carbocycles. The summed E-state index contributed by atoms with van der Waals surface area (Å²) in [5.74, 6) is 0.684. The lowest BCUT2D eigenvalue weighted by Crippen LogP contribution is -2.17. The van der Waals surface area contributed by atoms with E-state index in [2.05, 4.69) is 35.1 Å². The molecule has 0 bridgehead atoms. The van der Waals surface area contributed by atoms with Crippen LogP contribution in [0.25, 0.3) is 0 Å². The molecule has 0 unspecified atom stereocenters. The third kappa shape index (κ3) is 6.38. The van der Waals surface area contributed by atoms with E-state index >= 15 is 0 Å². The van der Waals surface area contributed by atoms with E-state index < -0.39 is 0 Å². The molecule has 1 N–H and O–H groups in total. The molecule has 0 fully saturated rings. The topological polar surface area (TPSA) is 55.4 Å². The van der Waals surface area contributed by atoms with Crippen molar-refractivity contribution in [3.63, 3.8) is 0 Å². The molecule has 104 valence electrons. The summed E-state index contributed by atoms with van der Waals surface area (Å²) in [6.07, 6.45) is -0.123. The van der Waals surface area contributed by atoms with Crippen LogP contribution in [0.2, 0.25) is 0 Å². The van der Waals surface area contributed by atoms with Crippen molar-refractivity contribution in [2.75, 3.05) is 17.3 Å². The quantitative estimate of drug-likeness (QED) is 0.618. The maximum absolute atomic E-state index is 11.6. The number of rotatable bonds is 7. The average Bonchev–Trinajstić information content (AvgIpc) is 2.36. The summed E-state index contributed by atoms with van der Waals surface area (Å²) < 4.78 is 5.57. The van der Waals surface area contributed by atoms with E-state index in [4.69, 9.17) is 4.74 Å². The average molecular weight is 328 g/mol. The summed E-state index contributed by atoms with van der Waals surface area (Å²) in [6, 6.07) is 7.15. The van der Waals surface area contributed by atoms with Gasteiger partial charge in [-0.15, -0.1) is 0 Å². The highest BCUT2D eigenvalue weighted by molar-refractivity contribution is 9.09. The first-order valence-electron chi connectivity index (χ1n) is 6.11. The Morgan fingerprint density at radius 3 is 2.74 bits per heavy atom. The third-order valence-electron chi connectivity index (χ3n) is 2.21. The van der Waals surface area contributed by atoms with Gasteiger partial charge < -0.3 is 10.1 Å². The molecule has 0 aliphatic rings. The molecule has 1 aromatic carbocycles. The zero-order valence-corrected chi connectivity index (χ0v) is 12.7. The maximum Gasteiger partial charge on any atom is 0.231 e. The zero-order valence-electron chi connectivity index (χ0n) is 11.1. The minimum absolute atomic E-state index is 0.123. The van der Waals surface area contributed by atoms with Crippen LogP contribution in [-0.4, -0.2) is 23.6 Å². The summed E-state index contributed by atoms with van der Waals surface area (Å²) >= 11 is 3.02. The Hall–Kier alpha value is -1.36. The number of ketones is 1. The van der Waals surface area contributed by atoms with E-state index in [1.54, 1.807) is 18.2 Å². The Labute approximate surface area is 121 Å². The van der Waals surface area contributed by atoms with Gasteiger partial charge in [-0.1, -0.05) is 35.8 Å². The smallest absolute Gasteiger partial charge is 0.231 e. The molecule has 0 radical (unpaired) electrons. The second kappa shape index (κ2) is 7.94. The summed E-state index contributed by atoms with van der Waals surface area (Å²) in [5.41, 5.74) is 0.633. The predicted molar refractivity (Wildman–Crippen MR) is 78.8 cm³/mol. The van der Waals surface area contributed by atoms with E-state index in [0.717, 1.165) is 0 Å². The van der Waals surface area contributed by atoms with Crippen LogP contribution >= 0.6 is 15.9 Å². The summed E-state index contributed by atoms with van der Waals surface area (Å²) in [4.78, 5) is 22.7. The first-order chi connectivity index (χ1) is 9.01. The fourth-order valence-corrected chi connectivity index (χ4v) is 1.56. The van der Waals surface area contributed by atoms with Gasteiger partial charge in [0, 0.05) is 11.8 Å². The Morgan fingerprint density at radius 2 is 2.11 bits per heavy atom. The van der Waals surface area contributed by atoms with Crippen LogP contribution in [0.3, 0.4) is 0 Å². The van der Waals surface area contributed by atoms with Crippen molar-refractivity contribution >= 4 is 33.3 Å². The lowest BCUT2D eigenvalue weighted by molar-refractivity contribution is -0.123. The molecule has 19 heavy (non-hydrogen) atoms. The first-order valence-corrected chi connectivity index (χ1v) is 7.23. The SMILES string of the molecule is CC(C)COc1cccc(NC(=O)CC(=O)CBr)c1. The molecule has 4 nitrogen and oxygen atoms in total. The molecule has 1 aromatic rings. The van der Waals surface area contributed by atoms with Crippen LogP contribution in [0.4, 0.5) is 5.69 Å². The molecule has 0 saturated heterocycles. The maximum atomic E-state index is 11.6. The lowest BCUT2D eigenvalue weighted by Gasteiger charge is -2.10. The lowest BCUT2D eigenvalue weighted by atomic mass is 10.2.